The van der Waals surface area contributed by atoms with Gasteiger partial charge in [-0.25, -0.2) is 4.39 Å². The topological polar surface area (TPSA) is 26.3 Å². The van der Waals surface area contributed by atoms with Gasteiger partial charge in [-0.3, -0.25) is 4.79 Å². The quantitative estimate of drug-likeness (QED) is 0.575. The van der Waals surface area contributed by atoms with Crippen LogP contribution in [0.5, 0.6) is 0 Å². The number of carbonyl (C=O) groups is 1. The molecule has 1 aromatic rings. The van der Waals surface area contributed by atoms with Gasteiger partial charge in [-0.1, -0.05) is 12.1 Å². The molecular formula is C12H6F10O2. The van der Waals surface area contributed by atoms with Crippen molar-refractivity contribution in [2.45, 2.75) is 25.1 Å². The highest BCUT2D eigenvalue weighted by atomic mass is 19.4. The molecule has 24 heavy (non-hydrogen) atoms. The second-order valence-electron chi connectivity index (χ2n) is 4.45. The van der Waals surface area contributed by atoms with Crippen molar-refractivity contribution in [2.75, 3.05) is 0 Å². The molecule has 1 rings (SSSR count). The van der Waals surface area contributed by atoms with E-state index in [-0.39, 0.29) is 5.56 Å². The highest BCUT2D eigenvalue weighted by molar-refractivity contribution is 5.80. The van der Waals surface area contributed by atoms with E-state index in [0.717, 1.165) is 12.1 Å². The van der Waals surface area contributed by atoms with Crippen molar-refractivity contribution >= 4 is 5.97 Å². The van der Waals surface area contributed by atoms with E-state index in [1.165, 1.54) is 0 Å². The normalized spacial score (nSPS) is 13.8. The molecule has 0 atom stereocenters. The molecule has 1 aromatic carbocycles. The Kier molecular flexibility index (Phi) is 5.12. The van der Waals surface area contributed by atoms with Crippen LogP contribution in [0.4, 0.5) is 43.9 Å². The van der Waals surface area contributed by atoms with Gasteiger partial charge in [0.25, 0.3) is 0 Å². The minimum absolute atomic E-state index is 0.315. The highest BCUT2D eigenvalue weighted by Gasteiger charge is 2.89. The summed E-state index contributed by atoms with van der Waals surface area (Å²) in [6, 6.07) is 3.04. The summed E-state index contributed by atoms with van der Waals surface area (Å²) >= 11 is 0. The van der Waals surface area contributed by atoms with Gasteiger partial charge in [0, 0.05) is 0 Å². The minimum atomic E-state index is -7.04. The standard InChI is InChI=1S/C12H6F10O2/c13-7-3-1-6(2-4-7)5-24-8(23)9(10(14,15)16,11(17,18)19)12(20,21)22/h1-4H,5H2. The number of alkyl halides is 9. The van der Waals surface area contributed by atoms with Crippen LogP contribution < -0.4 is 0 Å². The van der Waals surface area contributed by atoms with Crippen molar-refractivity contribution in [2.24, 2.45) is 5.41 Å². The first-order chi connectivity index (χ1) is 10.6. The molecule has 2 nitrogen and oxygen atoms in total. The lowest BCUT2D eigenvalue weighted by Gasteiger charge is -2.36. The number of hydrogen-bond acceptors (Lipinski definition) is 2. The molecule has 0 spiro atoms. The summed E-state index contributed by atoms with van der Waals surface area (Å²) in [6.45, 7) is -1.34. The molecule has 0 fully saturated rings. The van der Waals surface area contributed by atoms with E-state index in [1.54, 1.807) is 0 Å². The molecule has 0 heterocycles. The Morgan fingerprint density at radius 1 is 0.792 bits per heavy atom. The third-order valence-corrected chi connectivity index (χ3v) is 2.87. The number of esters is 1. The van der Waals surface area contributed by atoms with Crippen LogP contribution in [0, 0.1) is 11.2 Å². The molecule has 0 amide bonds. The first-order valence-electron chi connectivity index (χ1n) is 5.76. The fourth-order valence-corrected chi connectivity index (χ4v) is 1.67. The van der Waals surface area contributed by atoms with Crippen LogP contribution in [0.15, 0.2) is 24.3 Å². The van der Waals surface area contributed by atoms with Crippen molar-refractivity contribution in [3.63, 3.8) is 0 Å². The summed E-state index contributed by atoms with van der Waals surface area (Å²) < 4.78 is 130. The van der Waals surface area contributed by atoms with Crippen molar-refractivity contribution in [1.82, 2.24) is 0 Å². The summed E-state index contributed by atoms with van der Waals surface area (Å²) in [5, 5.41) is 0. The van der Waals surface area contributed by atoms with E-state index in [4.69, 9.17) is 0 Å². The smallest absolute Gasteiger partial charge is 0.422 e. The van der Waals surface area contributed by atoms with Crippen LogP contribution in [-0.4, -0.2) is 24.5 Å². The zero-order chi connectivity index (χ0) is 19.0. The van der Waals surface area contributed by atoms with Gasteiger partial charge in [-0.2, -0.15) is 39.5 Å². The molecular weight excluding hydrogens is 366 g/mol. The summed E-state index contributed by atoms with van der Waals surface area (Å²) in [7, 11) is 0. The van der Waals surface area contributed by atoms with Gasteiger partial charge in [-0.15, -0.1) is 0 Å². The predicted octanol–water partition coefficient (Wildman–Crippen LogP) is 4.54. The monoisotopic (exact) mass is 372 g/mol. The summed E-state index contributed by atoms with van der Waals surface area (Å²) in [4.78, 5) is 11.2. The van der Waals surface area contributed by atoms with Crippen LogP contribution in [0.2, 0.25) is 0 Å². The summed E-state index contributed by atoms with van der Waals surface area (Å²) in [5.74, 6) is -4.40. The Balaban J connectivity index is 3.24. The Morgan fingerprint density at radius 3 is 1.50 bits per heavy atom. The van der Waals surface area contributed by atoms with Crippen molar-refractivity contribution in [3.05, 3.63) is 35.6 Å². The largest absolute Gasteiger partial charge is 0.460 e. The number of halogens is 10. The maximum atomic E-state index is 12.6. The molecule has 0 saturated carbocycles. The molecule has 12 heteroatoms. The van der Waals surface area contributed by atoms with Crippen LogP contribution in [0.25, 0.3) is 0 Å². The molecule has 0 saturated heterocycles. The Morgan fingerprint density at radius 2 is 1.17 bits per heavy atom. The zero-order valence-corrected chi connectivity index (χ0v) is 11.1. The summed E-state index contributed by atoms with van der Waals surface area (Å²) in [6.07, 6.45) is -21.1. The molecule has 0 aliphatic carbocycles. The van der Waals surface area contributed by atoms with Crippen molar-refractivity contribution < 1.29 is 53.4 Å². The second kappa shape index (κ2) is 6.13. The van der Waals surface area contributed by atoms with E-state index < -0.39 is 42.3 Å². The third kappa shape index (κ3) is 3.41. The Labute approximate surface area is 127 Å². The lowest BCUT2D eigenvalue weighted by molar-refractivity contribution is -0.412. The molecule has 0 radical (unpaired) electrons. The SMILES string of the molecule is O=C(OCc1ccc(F)cc1)C(C(F)(F)F)(C(F)(F)F)C(F)(F)F. The molecule has 0 aliphatic rings. The highest BCUT2D eigenvalue weighted by Crippen LogP contribution is 2.60. The maximum absolute atomic E-state index is 12.6. The number of carbonyl (C=O) groups excluding carboxylic acids is 1. The first-order valence-corrected chi connectivity index (χ1v) is 5.76. The number of rotatable bonds is 3. The van der Waals surface area contributed by atoms with Gasteiger partial charge in [0.1, 0.15) is 12.4 Å². The van der Waals surface area contributed by atoms with Gasteiger partial charge in [0.15, 0.2) is 0 Å². The van der Waals surface area contributed by atoms with E-state index >= 15 is 0 Å². The van der Waals surface area contributed by atoms with Gasteiger partial charge in [0.05, 0.1) is 0 Å². The van der Waals surface area contributed by atoms with Gasteiger partial charge >= 0.3 is 29.9 Å². The van der Waals surface area contributed by atoms with Gasteiger partial charge < -0.3 is 4.74 Å². The molecule has 136 valence electrons. The molecule has 0 aromatic heterocycles. The lowest BCUT2D eigenvalue weighted by Crippen LogP contribution is -2.64. The Bertz CT molecular complexity index is 546. The van der Waals surface area contributed by atoms with E-state index in [1.807, 2.05) is 0 Å². The minimum Gasteiger partial charge on any atom is -0.460 e. The van der Waals surface area contributed by atoms with E-state index in [2.05, 4.69) is 4.74 Å². The molecule has 0 aliphatic heterocycles. The molecule has 0 N–H and O–H groups in total. The van der Waals surface area contributed by atoms with E-state index in [9.17, 15) is 48.7 Å². The fraction of sp³-hybridized carbons (Fsp3) is 0.417. The average Bonchev–Trinajstić information content (AvgIpc) is 2.33. The van der Waals surface area contributed by atoms with E-state index in [0.29, 0.717) is 12.1 Å². The average molecular weight is 372 g/mol. The van der Waals surface area contributed by atoms with Crippen LogP contribution in [-0.2, 0) is 16.1 Å². The van der Waals surface area contributed by atoms with Gasteiger partial charge in [-0.05, 0) is 17.7 Å². The fourth-order valence-electron chi connectivity index (χ4n) is 1.67. The third-order valence-electron chi connectivity index (χ3n) is 2.87. The maximum Gasteiger partial charge on any atom is 0.422 e. The van der Waals surface area contributed by atoms with Crippen LogP contribution in [0.1, 0.15) is 5.56 Å². The number of benzene rings is 1. The molecule has 0 unspecified atom stereocenters. The van der Waals surface area contributed by atoms with Crippen LogP contribution in [0.3, 0.4) is 0 Å². The second-order valence-corrected chi connectivity index (χ2v) is 4.45. The van der Waals surface area contributed by atoms with Crippen molar-refractivity contribution in [1.29, 1.82) is 0 Å². The number of ether oxygens (including phenoxy) is 1. The predicted molar refractivity (Wildman–Crippen MR) is 56.8 cm³/mol. The zero-order valence-electron chi connectivity index (χ0n) is 11.1. The summed E-state index contributed by atoms with van der Waals surface area (Å²) in [5.41, 5.74) is -7.00. The lowest BCUT2D eigenvalue weighted by atomic mass is 9.85. The van der Waals surface area contributed by atoms with Crippen LogP contribution >= 0.6 is 0 Å². The first kappa shape index (κ1) is 20.0. The van der Waals surface area contributed by atoms with Gasteiger partial charge in [0.2, 0.25) is 0 Å². The van der Waals surface area contributed by atoms with Crippen molar-refractivity contribution in [3.8, 4) is 0 Å². The Hall–Kier alpha value is -2.01. The number of hydrogen-bond donors (Lipinski definition) is 0. The molecule has 0 bridgehead atoms.